The van der Waals surface area contributed by atoms with Gasteiger partial charge in [-0.25, -0.2) is 10.2 Å². The molecule has 0 unspecified atom stereocenters. The molecule has 0 bridgehead atoms. The lowest BCUT2D eigenvalue weighted by Gasteiger charge is -2.08. The van der Waals surface area contributed by atoms with Crippen LogP contribution in [0.3, 0.4) is 0 Å². The number of benzene rings is 1. The maximum Gasteiger partial charge on any atom is 0.427 e. The van der Waals surface area contributed by atoms with Gasteiger partial charge in [0.05, 0.1) is 12.3 Å². The number of amides is 2. The molecule has 0 saturated heterocycles. The van der Waals surface area contributed by atoms with Crippen molar-refractivity contribution < 1.29 is 14.3 Å². The summed E-state index contributed by atoms with van der Waals surface area (Å²) in [5.41, 5.74) is 4.71. The third kappa shape index (κ3) is 4.42. The Bertz CT molecular complexity index is 767. The second kappa shape index (κ2) is 7.91. The molecule has 0 aliphatic carbocycles. The van der Waals surface area contributed by atoms with E-state index < -0.39 is 6.09 Å². The van der Waals surface area contributed by atoms with E-state index in [1.165, 1.54) is 4.68 Å². The fourth-order valence-electron chi connectivity index (χ4n) is 1.97. The zero-order chi connectivity index (χ0) is 17.5. The second-order valence-electron chi connectivity index (χ2n) is 4.90. The third-order valence-electron chi connectivity index (χ3n) is 3.18. The number of nitrogens with one attached hydrogen (secondary N) is 2. The number of aromatic nitrogens is 2. The van der Waals surface area contributed by atoms with E-state index in [4.69, 9.17) is 4.74 Å². The number of hydrogen-bond donors (Lipinski definition) is 2. The molecule has 24 heavy (non-hydrogen) atoms. The molecule has 2 aromatic rings. The number of ether oxygens (including phenoxy) is 1. The number of carbonyl (C=O) groups excluding carboxylic acids is 2. The maximum atomic E-state index is 12.2. The van der Waals surface area contributed by atoms with E-state index in [1.54, 1.807) is 51.4 Å². The summed E-state index contributed by atoms with van der Waals surface area (Å²) < 4.78 is 6.23. The van der Waals surface area contributed by atoms with Crippen LogP contribution >= 0.6 is 0 Å². The van der Waals surface area contributed by atoms with E-state index in [0.29, 0.717) is 17.1 Å². The van der Waals surface area contributed by atoms with Gasteiger partial charge in [0.15, 0.2) is 0 Å². The van der Waals surface area contributed by atoms with Gasteiger partial charge in [0.25, 0.3) is 5.91 Å². The minimum absolute atomic E-state index is 0.258. The number of hydrogen-bond acceptors (Lipinski definition) is 5. The van der Waals surface area contributed by atoms with Crippen LogP contribution in [0.5, 0.6) is 0 Å². The fourth-order valence-corrected chi connectivity index (χ4v) is 1.97. The summed E-state index contributed by atoms with van der Waals surface area (Å²) in [5.74, 6) is -0.258. The van der Waals surface area contributed by atoms with E-state index in [-0.39, 0.29) is 12.5 Å². The topological polar surface area (TPSA) is 97.6 Å². The molecule has 8 nitrogen and oxygen atoms in total. The predicted molar refractivity (Wildman–Crippen MR) is 90.0 cm³/mol. The Morgan fingerprint density at radius 2 is 2.12 bits per heavy atom. The van der Waals surface area contributed by atoms with Crippen LogP contribution in [-0.4, -0.2) is 34.1 Å². The molecule has 0 aliphatic rings. The summed E-state index contributed by atoms with van der Waals surface area (Å²) in [4.78, 5) is 23.4. The SMILES string of the molecule is CCOC(=O)NN=C(C)c1cccc(NC(=O)c2ccnn2C)c1. The first kappa shape index (κ1) is 17.2. The van der Waals surface area contributed by atoms with Gasteiger partial charge in [0.1, 0.15) is 5.69 Å². The van der Waals surface area contributed by atoms with Gasteiger partial charge in [0, 0.05) is 18.9 Å². The number of anilines is 1. The number of carbonyl (C=O) groups is 2. The molecular weight excluding hydrogens is 310 g/mol. The van der Waals surface area contributed by atoms with Crippen LogP contribution in [0.15, 0.2) is 41.6 Å². The van der Waals surface area contributed by atoms with E-state index in [1.807, 2.05) is 6.07 Å². The first-order valence-electron chi connectivity index (χ1n) is 7.38. The highest BCUT2D eigenvalue weighted by atomic mass is 16.5. The van der Waals surface area contributed by atoms with Crippen molar-refractivity contribution in [1.82, 2.24) is 15.2 Å². The van der Waals surface area contributed by atoms with Crippen molar-refractivity contribution >= 4 is 23.4 Å². The van der Waals surface area contributed by atoms with Gasteiger partial charge in [-0.3, -0.25) is 9.48 Å². The Balaban J connectivity index is 2.08. The van der Waals surface area contributed by atoms with E-state index in [0.717, 1.165) is 5.56 Å². The maximum absolute atomic E-state index is 12.2. The smallest absolute Gasteiger partial charge is 0.427 e. The molecule has 0 saturated carbocycles. The molecule has 1 aromatic carbocycles. The Labute approximate surface area is 139 Å². The molecule has 2 rings (SSSR count). The van der Waals surface area contributed by atoms with Crippen LogP contribution in [0.1, 0.15) is 29.9 Å². The monoisotopic (exact) mass is 329 g/mol. The van der Waals surface area contributed by atoms with Gasteiger partial charge in [-0.05, 0) is 37.6 Å². The van der Waals surface area contributed by atoms with Crippen LogP contribution in [-0.2, 0) is 11.8 Å². The molecular formula is C16H19N5O3. The molecule has 2 N–H and O–H groups in total. The lowest BCUT2D eigenvalue weighted by molar-refractivity contribution is 0.101. The highest BCUT2D eigenvalue weighted by Gasteiger charge is 2.10. The average Bonchev–Trinajstić information content (AvgIpc) is 2.99. The van der Waals surface area contributed by atoms with Crippen LogP contribution in [0.4, 0.5) is 10.5 Å². The van der Waals surface area contributed by atoms with E-state index in [2.05, 4.69) is 20.9 Å². The molecule has 2 amide bonds. The largest absolute Gasteiger partial charge is 0.449 e. The van der Waals surface area contributed by atoms with Crippen molar-refractivity contribution in [1.29, 1.82) is 0 Å². The predicted octanol–water partition coefficient (Wildman–Crippen LogP) is 2.14. The molecule has 0 spiro atoms. The van der Waals surface area contributed by atoms with Gasteiger partial charge in [0.2, 0.25) is 0 Å². The fraction of sp³-hybridized carbons (Fsp3) is 0.250. The molecule has 1 aromatic heterocycles. The Hall–Kier alpha value is -3.16. The van der Waals surface area contributed by atoms with Crippen LogP contribution < -0.4 is 10.7 Å². The summed E-state index contributed by atoms with van der Waals surface area (Å²) in [6.45, 7) is 3.73. The summed E-state index contributed by atoms with van der Waals surface area (Å²) in [6, 6.07) is 8.78. The minimum Gasteiger partial charge on any atom is -0.449 e. The van der Waals surface area contributed by atoms with Gasteiger partial charge < -0.3 is 10.1 Å². The van der Waals surface area contributed by atoms with Crippen molar-refractivity contribution in [3.63, 3.8) is 0 Å². The Kier molecular flexibility index (Phi) is 5.67. The molecule has 0 radical (unpaired) electrons. The van der Waals surface area contributed by atoms with Crippen molar-refractivity contribution in [2.24, 2.45) is 12.1 Å². The first-order valence-corrected chi connectivity index (χ1v) is 7.38. The van der Waals surface area contributed by atoms with Crippen molar-refractivity contribution in [2.75, 3.05) is 11.9 Å². The molecule has 1 heterocycles. The van der Waals surface area contributed by atoms with Crippen molar-refractivity contribution in [3.05, 3.63) is 47.8 Å². The number of aryl methyl sites for hydroxylation is 1. The Morgan fingerprint density at radius 1 is 1.33 bits per heavy atom. The summed E-state index contributed by atoms with van der Waals surface area (Å²) in [7, 11) is 1.70. The second-order valence-corrected chi connectivity index (χ2v) is 4.90. The molecule has 126 valence electrons. The lowest BCUT2D eigenvalue weighted by atomic mass is 10.1. The van der Waals surface area contributed by atoms with Crippen molar-refractivity contribution in [2.45, 2.75) is 13.8 Å². The minimum atomic E-state index is -0.613. The lowest BCUT2D eigenvalue weighted by Crippen LogP contribution is -2.20. The Morgan fingerprint density at radius 3 is 2.79 bits per heavy atom. The van der Waals surface area contributed by atoms with Crippen LogP contribution in [0.2, 0.25) is 0 Å². The normalized spacial score (nSPS) is 11.0. The third-order valence-corrected chi connectivity index (χ3v) is 3.18. The average molecular weight is 329 g/mol. The quantitative estimate of drug-likeness (QED) is 0.648. The number of hydrazone groups is 1. The standard InChI is InChI=1S/C16H19N5O3/c1-4-24-16(23)20-19-11(2)12-6-5-7-13(10-12)18-15(22)14-8-9-17-21(14)3/h5-10H,4H2,1-3H3,(H,18,22)(H,20,23). The molecule has 0 atom stereocenters. The summed E-state index contributed by atoms with van der Waals surface area (Å²) in [5, 5.41) is 10.7. The summed E-state index contributed by atoms with van der Waals surface area (Å²) in [6.07, 6.45) is 0.945. The highest BCUT2D eigenvalue weighted by Crippen LogP contribution is 2.13. The molecule has 0 aliphatic heterocycles. The van der Waals surface area contributed by atoms with Gasteiger partial charge in [-0.15, -0.1) is 0 Å². The number of nitrogens with zero attached hydrogens (tertiary/aromatic N) is 3. The van der Waals surface area contributed by atoms with Gasteiger partial charge >= 0.3 is 6.09 Å². The van der Waals surface area contributed by atoms with Gasteiger partial charge in [-0.1, -0.05) is 12.1 Å². The first-order chi connectivity index (χ1) is 11.5. The summed E-state index contributed by atoms with van der Waals surface area (Å²) >= 11 is 0. The van der Waals surface area contributed by atoms with E-state index >= 15 is 0 Å². The van der Waals surface area contributed by atoms with E-state index in [9.17, 15) is 9.59 Å². The molecule has 0 fully saturated rings. The zero-order valence-electron chi connectivity index (χ0n) is 13.7. The van der Waals surface area contributed by atoms with Gasteiger partial charge in [-0.2, -0.15) is 10.2 Å². The molecule has 8 heteroatoms. The van der Waals surface area contributed by atoms with Crippen molar-refractivity contribution in [3.8, 4) is 0 Å². The van der Waals surface area contributed by atoms with Crippen LogP contribution in [0.25, 0.3) is 0 Å². The number of rotatable bonds is 5. The zero-order valence-corrected chi connectivity index (χ0v) is 13.7. The van der Waals surface area contributed by atoms with Crippen LogP contribution in [0, 0.1) is 0 Å². The highest BCUT2D eigenvalue weighted by molar-refractivity contribution is 6.04.